The largest absolute Gasteiger partial charge is 0.466 e. The molecule has 7 nitrogen and oxygen atoms in total. The van der Waals surface area contributed by atoms with Crippen LogP contribution in [0.25, 0.3) is 0 Å². The van der Waals surface area contributed by atoms with Gasteiger partial charge >= 0.3 is 5.97 Å². The van der Waals surface area contributed by atoms with Crippen molar-refractivity contribution in [3.8, 4) is 0 Å². The Morgan fingerprint density at radius 1 is 1.19 bits per heavy atom. The van der Waals surface area contributed by atoms with E-state index in [2.05, 4.69) is 5.32 Å². The van der Waals surface area contributed by atoms with E-state index in [0.29, 0.717) is 51.2 Å². The molecule has 2 aliphatic rings. The minimum absolute atomic E-state index is 0. The highest BCUT2D eigenvalue weighted by Gasteiger charge is 2.34. The fraction of sp³-hybridized carbons (Fsp3) is 0.571. The van der Waals surface area contributed by atoms with Gasteiger partial charge in [-0.05, 0) is 37.5 Å². The maximum Gasteiger partial charge on any atom is 0.310 e. The number of nitrogens with one attached hydrogen (secondary N) is 1. The highest BCUT2D eigenvalue weighted by Crippen LogP contribution is 2.20. The van der Waals surface area contributed by atoms with E-state index in [1.807, 2.05) is 0 Å². The normalized spacial score (nSPS) is 21.5. The highest BCUT2D eigenvalue weighted by molar-refractivity contribution is 5.89. The van der Waals surface area contributed by atoms with Crippen LogP contribution in [0.15, 0.2) is 18.2 Å². The fourth-order valence-electron chi connectivity index (χ4n) is 3.99. The molecule has 0 radical (unpaired) electrons. The smallest absolute Gasteiger partial charge is 0.310 e. The molecule has 2 amide bonds. The quantitative estimate of drug-likeness (QED) is 0.657. The Bertz CT molecular complexity index is 791. The average Bonchev–Trinajstić information content (AvgIpc) is 2.70. The number of rotatable bonds is 6. The minimum atomic E-state index is -0.701. The third kappa shape index (κ3) is 6.61. The average molecular weight is 460 g/mol. The lowest BCUT2D eigenvalue weighted by Crippen LogP contribution is -2.56. The third-order valence-electron chi connectivity index (χ3n) is 5.45. The molecule has 0 saturated carbocycles. The summed E-state index contributed by atoms with van der Waals surface area (Å²) in [6.45, 7) is 3.83. The summed E-state index contributed by atoms with van der Waals surface area (Å²) in [6.07, 6.45) is 1.36. The lowest BCUT2D eigenvalue weighted by molar-refractivity contribution is -0.152. The number of carbonyl (C=O) groups excluding carboxylic acids is 3. The minimum Gasteiger partial charge on any atom is -0.466 e. The van der Waals surface area contributed by atoms with Crippen molar-refractivity contribution in [2.24, 2.45) is 5.92 Å². The molecule has 1 aromatic rings. The first-order chi connectivity index (χ1) is 14.4. The number of piperidine rings is 1. The second-order valence-corrected chi connectivity index (χ2v) is 7.68. The van der Waals surface area contributed by atoms with Crippen molar-refractivity contribution < 1.29 is 27.9 Å². The summed E-state index contributed by atoms with van der Waals surface area (Å²) in [5.41, 5.74) is 0.362. The summed E-state index contributed by atoms with van der Waals surface area (Å²) in [5.74, 6) is -2.50. The van der Waals surface area contributed by atoms with E-state index in [1.165, 1.54) is 17.0 Å². The van der Waals surface area contributed by atoms with Gasteiger partial charge in [0.2, 0.25) is 11.8 Å². The van der Waals surface area contributed by atoms with Gasteiger partial charge in [-0.3, -0.25) is 14.4 Å². The maximum atomic E-state index is 13.4. The number of benzene rings is 1. The van der Waals surface area contributed by atoms with Crippen LogP contribution in [-0.4, -0.2) is 66.4 Å². The number of halogens is 3. The van der Waals surface area contributed by atoms with Gasteiger partial charge < -0.3 is 19.9 Å². The highest BCUT2D eigenvalue weighted by atomic mass is 35.5. The predicted octanol–water partition coefficient (Wildman–Crippen LogP) is 1.88. The second kappa shape index (κ2) is 11.4. The predicted molar refractivity (Wildman–Crippen MR) is 111 cm³/mol. The number of esters is 1. The number of piperazine rings is 1. The van der Waals surface area contributed by atoms with Crippen molar-refractivity contribution in [1.29, 1.82) is 0 Å². The Morgan fingerprint density at radius 2 is 1.90 bits per heavy atom. The van der Waals surface area contributed by atoms with Crippen LogP contribution in [0, 0.1) is 17.6 Å². The molecule has 0 bridgehead atoms. The zero-order valence-electron chi connectivity index (χ0n) is 17.4. The molecule has 10 heteroatoms. The van der Waals surface area contributed by atoms with E-state index in [9.17, 15) is 23.2 Å². The number of likely N-dealkylation sites (tertiary alicyclic amines) is 1. The van der Waals surface area contributed by atoms with Gasteiger partial charge in [-0.2, -0.15) is 0 Å². The number of nitrogens with zero attached hydrogens (tertiary/aromatic N) is 2. The maximum absolute atomic E-state index is 13.4. The number of amides is 2. The van der Waals surface area contributed by atoms with E-state index < -0.39 is 17.7 Å². The van der Waals surface area contributed by atoms with Gasteiger partial charge in [-0.15, -0.1) is 12.4 Å². The Balaban J connectivity index is 0.00000341. The Hall–Kier alpha value is -2.26. The van der Waals surface area contributed by atoms with Gasteiger partial charge in [-0.1, -0.05) is 0 Å². The molecule has 1 aromatic carbocycles. The van der Waals surface area contributed by atoms with Crippen molar-refractivity contribution in [3.05, 3.63) is 35.4 Å². The Morgan fingerprint density at radius 3 is 2.58 bits per heavy atom. The molecule has 0 aromatic heterocycles. The molecule has 2 atom stereocenters. The molecule has 2 saturated heterocycles. The zero-order valence-corrected chi connectivity index (χ0v) is 18.3. The summed E-state index contributed by atoms with van der Waals surface area (Å²) in [6, 6.07) is 2.48. The van der Waals surface area contributed by atoms with Crippen LogP contribution in [0.5, 0.6) is 0 Å². The van der Waals surface area contributed by atoms with Gasteiger partial charge in [-0.25, -0.2) is 8.78 Å². The molecular weight excluding hydrogens is 432 g/mol. The van der Waals surface area contributed by atoms with Crippen LogP contribution >= 0.6 is 12.4 Å². The van der Waals surface area contributed by atoms with Gasteiger partial charge in [0.15, 0.2) is 0 Å². The molecule has 0 spiro atoms. The number of carbonyl (C=O) groups is 3. The van der Waals surface area contributed by atoms with Crippen LogP contribution < -0.4 is 5.32 Å². The summed E-state index contributed by atoms with van der Waals surface area (Å²) in [5, 5.41) is 3.05. The lowest BCUT2D eigenvalue weighted by Gasteiger charge is -2.35. The van der Waals surface area contributed by atoms with Crippen molar-refractivity contribution in [2.75, 3.05) is 32.8 Å². The van der Waals surface area contributed by atoms with Crippen LogP contribution in [0.1, 0.15) is 31.7 Å². The van der Waals surface area contributed by atoms with Crippen molar-refractivity contribution >= 4 is 30.2 Å². The van der Waals surface area contributed by atoms with E-state index >= 15 is 0 Å². The first-order valence-corrected chi connectivity index (χ1v) is 10.3. The summed E-state index contributed by atoms with van der Waals surface area (Å²) in [4.78, 5) is 40.7. The van der Waals surface area contributed by atoms with Crippen LogP contribution in [0.2, 0.25) is 0 Å². The summed E-state index contributed by atoms with van der Waals surface area (Å²) < 4.78 is 31.9. The van der Waals surface area contributed by atoms with Crippen molar-refractivity contribution in [2.45, 2.75) is 38.8 Å². The molecule has 2 aliphatic heterocycles. The summed E-state index contributed by atoms with van der Waals surface area (Å²) >= 11 is 0. The molecule has 0 aliphatic carbocycles. The second-order valence-electron chi connectivity index (χ2n) is 7.68. The molecule has 2 fully saturated rings. The first kappa shape index (κ1) is 25.0. The van der Waals surface area contributed by atoms with Crippen molar-refractivity contribution in [3.63, 3.8) is 0 Å². The van der Waals surface area contributed by atoms with E-state index in [-0.39, 0.29) is 49.1 Å². The first-order valence-electron chi connectivity index (χ1n) is 10.3. The van der Waals surface area contributed by atoms with Crippen LogP contribution in [0.4, 0.5) is 8.78 Å². The van der Waals surface area contributed by atoms with Crippen molar-refractivity contribution in [1.82, 2.24) is 15.1 Å². The van der Waals surface area contributed by atoms with E-state index in [4.69, 9.17) is 4.74 Å². The van der Waals surface area contributed by atoms with Gasteiger partial charge in [0, 0.05) is 38.8 Å². The molecular formula is C21H28ClF2N3O4. The number of ether oxygens (including phenoxy) is 1. The van der Waals surface area contributed by atoms with Gasteiger partial charge in [0.25, 0.3) is 0 Å². The zero-order chi connectivity index (χ0) is 21.7. The fourth-order valence-corrected chi connectivity index (χ4v) is 3.99. The molecule has 172 valence electrons. The Labute approximate surface area is 186 Å². The number of hydrogen-bond donors (Lipinski definition) is 1. The third-order valence-corrected chi connectivity index (χ3v) is 5.45. The summed E-state index contributed by atoms with van der Waals surface area (Å²) in [7, 11) is 0. The topological polar surface area (TPSA) is 79.0 Å². The lowest BCUT2D eigenvalue weighted by atomic mass is 9.97. The molecule has 31 heavy (non-hydrogen) atoms. The van der Waals surface area contributed by atoms with Gasteiger partial charge in [0.1, 0.15) is 11.6 Å². The molecule has 3 rings (SSSR count). The molecule has 2 unspecified atom stereocenters. The van der Waals surface area contributed by atoms with Gasteiger partial charge in [0.05, 0.1) is 25.0 Å². The number of hydrogen-bond acceptors (Lipinski definition) is 5. The van der Waals surface area contributed by atoms with E-state index in [1.54, 1.807) is 11.8 Å². The Kier molecular flexibility index (Phi) is 9.18. The van der Waals surface area contributed by atoms with Crippen LogP contribution in [0.3, 0.4) is 0 Å². The standard InChI is InChI=1S/C21H27F2N3O4.ClH/c1-2-30-21(29)15-4-3-6-25(13-15)19(27)11-18-20(28)26(7-5-24-18)12-14-8-16(22)10-17(23)9-14;/h8-10,15,18,24H,2-7,11-13H2,1H3;1H. The van der Waals surface area contributed by atoms with Crippen LogP contribution in [-0.2, 0) is 25.7 Å². The SMILES string of the molecule is CCOC(=O)C1CCCN(C(=O)CC2NCCN(Cc3cc(F)cc(F)c3)C2=O)C1.Cl. The molecule has 1 N–H and O–H groups in total. The molecule has 2 heterocycles. The van der Waals surface area contributed by atoms with E-state index in [0.717, 1.165) is 6.07 Å². The monoisotopic (exact) mass is 459 g/mol.